The van der Waals surface area contributed by atoms with Crippen LogP contribution in [-0.4, -0.2) is 24.7 Å². The minimum absolute atomic E-state index is 0.602. The van der Waals surface area contributed by atoms with E-state index in [4.69, 9.17) is 9.97 Å². The topological polar surface area (TPSA) is 56.5 Å². The lowest BCUT2D eigenvalue weighted by Gasteiger charge is -2.16. The molecule has 7 heteroatoms. The molecule has 0 amide bonds. The van der Waals surface area contributed by atoms with E-state index in [9.17, 15) is 0 Å². The summed E-state index contributed by atoms with van der Waals surface area (Å²) in [4.78, 5) is 10.3. The Morgan fingerprint density at radius 1 is 0.569 bits per heavy atom. The second-order valence-corrected chi connectivity index (χ2v) is 16.5. The average molecular weight is 714 g/mol. The summed E-state index contributed by atoms with van der Waals surface area (Å²) in [6.45, 7) is 9.05. The SMILES string of the molecule is CCCCCCCCc1cc(-c2cc(-c3ccc4c(c3)sc3c5ccc(C)cc5sc43)nc(-n3cnnc3)n2)c(CCCCCCCC)cc1C. The van der Waals surface area contributed by atoms with E-state index in [0.29, 0.717) is 5.95 Å². The number of hydrogen-bond acceptors (Lipinski definition) is 6. The highest BCUT2D eigenvalue weighted by atomic mass is 32.1. The number of hydrogen-bond donors (Lipinski definition) is 0. The highest BCUT2D eigenvalue weighted by molar-refractivity contribution is 7.36. The smallest absolute Gasteiger partial charge is 0.237 e. The van der Waals surface area contributed by atoms with Gasteiger partial charge in [0.2, 0.25) is 5.95 Å². The molecule has 0 aliphatic carbocycles. The molecule has 4 heterocycles. The molecule has 51 heavy (non-hydrogen) atoms. The van der Waals surface area contributed by atoms with Crippen LogP contribution in [0.5, 0.6) is 0 Å². The molecule has 0 atom stereocenters. The molecule has 0 fully saturated rings. The van der Waals surface area contributed by atoms with Gasteiger partial charge in [-0.15, -0.1) is 32.9 Å². The largest absolute Gasteiger partial charge is 0.255 e. The number of aromatic nitrogens is 5. The van der Waals surface area contributed by atoms with Crippen molar-refractivity contribution in [2.24, 2.45) is 0 Å². The molecule has 4 aromatic heterocycles. The number of fused-ring (bicyclic) bond motifs is 5. The first kappa shape index (κ1) is 35.5. The van der Waals surface area contributed by atoms with Crippen molar-refractivity contribution in [3.8, 4) is 28.5 Å². The van der Waals surface area contributed by atoms with Gasteiger partial charge in [0, 0.05) is 31.3 Å². The minimum atomic E-state index is 0.602. The zero-order chi connectivity index (χ0) is 35.2. The van der Waals surface area contributed by atoms with Gasteiger partial charge in [-0.25, -0.2) is 9.97 Å². The quantitative estimate of drug-likeness (QED) is 0.0882. The van der Waals surface area contributed by atoms with E-state index in [1.54, 1.807) is 12.7 Å². The van der Waals surface area contributed by atoms with Gasteiger partial charge in [-0.3, -0.25) is 4.57 Å². The van der Waals surface area contributed by atoms with Gasteiger partial charge in [0.05, 0.1) is 20.8 Å². The summed E-state index contributed by atoms with van der Waals surface area (Å²) in [7, 11) is 0. The summed E-state index contributed by atoms with van der Waals surface area (Å²) >= 11 is 3.80. The zero-order valence-corrected chi connectivity index (χ0v) is 32.4. The van der Waals surface area contributed by atoms with Crippen molar-refractivity contribution in [3.05, 3.63) is 89.5 Å². The Balaban J connectivity index is 1.27. The second-order valence-electron chi connectivity index (χ2n) is 14.4. The first-order valence-electron chi connectivity index (χ1n) is 19.2. The van der Waals surface area contributed by atoms with E-state index in [2.05, 4.69) is 92.5 Å². The summed E-state index contributed by atoms with van der Waals surface area (Å²) in [6.07, 6.45) is 21.1. The fourth-order valence-corrected chi connectivity index (χ4v) is 10.2. The van der Waals surface area contributed by atoms with Crippen LogP contribution < -0.4 is 0 Å². The van der Waals surface area contributed by atoms with E-state index < -0.39 is 0 Å². The average Bonchev–Trinajstić information content (AvgIpc) is 3.88. The Hall–Kier alpha value is -3.94. The predicted octanol–water partition coefficient (Wildman–Crippen LogP) is 13.4. The van der Waals surface area contributed by atoms with Gasteiger partial charge in [0.15, 0.2) is 0 Å². The molecular formula is C44H51N5S2. The van der Waals surface area contributed by atoms with Gasteiger partial charge < -0.3 is 0 Å². The number of aryl methyl sites for hydroxylation is 4. The molecule has 7 rings (SSSR count). The number of nitrogens with zero attached hydrogens (tertiary/aromatic N) is 5. The molecule has 0 N–H and O–H groups in total. The maximum absolute atomic E-state index is 5.21. The summed E-state index contributed by atoms with van der Waals surface area (Å²) in [5.41, 5.74) is 9.80. The molecule has 264 valence electrons. The number of rotatable bonds is 17. The molecule has 3 aromatic carbocycles. The van der Waals surface area contributed by atoms with Gasteiger partial charge in [-0.05, 0) is 86.1 Å². The third-order valence-corrected chi connectivity index (χ3v) is 12.8. The van der Waals surface area contributed by atoms with Gasteiger partial charge in [-0.1, -0.05) is 108 Å². The third-order valence-electron chi connectivity index (χ3n) is 10.3. The molecule has 0 unspecified atom stereocenters. The maximum Gasteiger partial charge on any atom is 0.237 e. The van der Waals surface area contributed by atoms with Crippen LogP contribution in [0.1, 0.15) is 113 Å². The number of thiophene rings is 2. The predicted molar refractivity (Wildman–Crippen MR) is 220 cm³/mol. The summed E-state index contributed by atoms with van der Waals surface area (Å²) in [5.74, 6) is 0.602. The maximum atomic E-state index is 5.21. The molecule has 0 aliphatic rings. The monoisotopic (exact) mass is 713 g/mol. The first-order valence-corrected chi connectivity index (χ1v) is 20.9. The van der Waals surface area contributed by atoms with Crippen LogP contribution >= 0.6 is 22.7 Å². The normalized spacial score (nSPS) is 11.8. The van der Waals surface area contributed by atoms with Crippen molar-refractivity contribution >= 4 is 52.2 Å². The summed E-state index contributed by atoms with van der Waals surface area (Å²) < 4.78 is 7.26. The lowest BCUT2D eigenvalue weighted by atomic mass is 9.91. The van der Waals surface area contributed by atoms with Gasteiger partial charge in [0.1, 0.15) is 12.7 Å². The summed E-state index contributed by atoms with van der Waals surface area (Å²) in [5, 5.41) is 10.9. The van der Waals surface area contributed by atoms with E-state index in [1.807, 2.05) is 27.2 Å². The lowest BCUT2D eigenvalue weighted by Crippen LogP contribution is -2.04. The van der Waals surface area contributed by atoms with Crippen molar-refractivity contribution < 1.29 is 0 Å². The van der Waals surface area contributed by atoms with Crippen LogP contribution in [0.4, 0.5) is 0 Å². The second kappa shape index (κ2) is 16.6. The Kier molecular flexibility index (Phi) is 11.5. The van der Waals surface area contributed by atoms with Crippen molar-refractivity contribution in [2.45, 2.75) is 118 Å². The molecule has 5 nitrogen and oxygen atoms in total. The van der Waals surface area contributed by atoms with Gasteiger partial charge in [0.25, 0.3) is 0 Å². The molecule has 0 bridgehead atoms. The number of unbranched alkanes of at least 4 members (excludes halogenated alkanes) is 10. The molecule has 0 radical (unpaired) electrons. The van der Waals surface area contributed by atoms with Crippen LogP contribution in [0.3, 0.4) is 0 Å². The van der Waals surface area contributed by atoms with Crippen LogP contribution in [0.2, 0.25) is 0 Å². The fraction of sp³-hybridized carbons (Fsp3) is 0.409. The highest BCUT2D eigenvalue weighted by Gasteiger charge is 2.18. The van der Waals surface area contributed by atoms with Crippen LogP contribution in [0, 0.1) is 13.8 Å². The third kappa shape index (κ3) is 8.10. The van der Waals surface area contributed by atoms with Crippen LogP contribution in [0.25, 0.3) is 58.0 Å². The zero-order valence-electron chi connectivity index (χ0n) is 30.8. The van der Waals surface area contributed by atoms with Crippen molar-refractivity contribution in [2.75, 3.05) is 0 Å². The van der Waals surface area contributed by atoms with E-state index in [-0.39, 0.29) is 0 Å². The molecule has 0 spiro atoms. The molecule has 0 saturated carbocycles. The van der Waals surface area contributed by atoms with E-state index >= 15 is 0 Å². The van der Waals surface area contributed by atoms with Crippen molar-refractivity contribution in [1.82, 2.24) is 24.7 Å². The molecular weight excluding hydrogens is 663 g/mol. The standard InChI is InChI=1S/C44H51N5S2/c1-5-7-9-11-13-15-17-32-25-37(33(24-31(32)4)18-16-14-12-10-8-6-2)39-27-38(47-44(48-39)49-28-45-46-29-49)34-20-22-36-41(26-34)51-42-35-21-19-30(3)23-40(35)50-43(36)42/h19-29H,5-18H2,1-4H3. The van der Waals surface area contributed by atoms with E-state index in [0.717, 1.165) is 29.8 Å². The lowest BCUT2D eigenvalue weighted by molar-refractivity contribution is 0.605. The Morgan fingerprint density at radius 3 is 1.84 bits per heavy atom. The minimum Gasteiger partial charge on any atom is -0.255 e. The van der Waals surface area contributed by atoms with E-state index in [1.165, 1.54) is 134 Å². The van der Waals surface area contributed by atoms with Gasteiger partial charge >= 0.3 is 0 Å². The molecule has 0 saturated heterocycles. The highest BCUT2D eigenvalue weighted by Crippen LogP contribution is 2.45. The van der Waals surface area contributed by atoms with Gasteiger partial charge in [-0.2, -0.15) is 0 Å². The summed E-state index contributed by atoms with van der Waals surface area (Å²) in [6, 6.07) is 20.8. The fourth-order valence-electron chi connectivity index (χ4n) is 7.38. The Morgan fingerprint density at radius 2 is 1.16 bits per heavy atom. The number of benzene rings is 3. The van der Waals surface area contributed by atoms with Crippen LogP contribution in [0.15, 0.2) is 67.3 Å². The van der Waals surface area contributed by atoms with Crippen LogP contribution in [-0.2, 0) is 12.8 Å². The first-order chi connectivity index (χ1) is 25.0. The molecule has 7 aromatic rings. The van der Waals surface area contributed by atoms with Crippen molar-refractivity contribution in [3.63, 3.8) is 0 Å². The Bertz CT molecular complexity index is 2230. The molecule has 0 aliphatic heterocycles. The Labute approximate surface area is 311 Å². The van der Waals surface area contributed by atoms with Crippen molar-refractivity contribution in [1.29, 1.82) is 0 Å².